The van der Waals surface area contributed by atoms with Crippen molar-refractivity contribution in [2.24, 2.45) is 7.05 Å². The molecule has 1 aliphatic carbocycles. The number of piperazine rings is 1. The van der Waals surface area contributed by atoms with E-state index in [1.165, 1.54) is 17.8 Å². The number of aryl methyl sites for hydroxylation is 1. The van der Waals surface area contributed by atoms with Gasteiger partial charge in [0, 0.05) is 57.1 Å². The summed E-state index contributed by atoms with van der Waals surface area (Å²) in [4.78, 5) is 17.9. The summed E-state index contributed by atoms with van der Waals surface area (Å²) in [7, 11) is 1.93. The van der Waals surface area contributed by atoms with Crippen molar-refractivity contribution in [2.45, 2.75) is 38.8 Å². The van der Waals surface area contributed by atoms with Gasteiger partial charge in [-0.2, -0.15) is 5.10 Å². The van der Waals surface area contributed by atoms with Crippen LogP contribution in [0.4, 0.5) is 4.39 Å². The number of nitrogens with one attached hydrogen (secondary N) is 1. The molecule has 1 saturated heterocycles. The molecule has 0 radical (unpaired) electrons. The third kappa shape index (κ3) is 4.36. The molecule has 0 saturated carbocycles. The normalized spacial score (nSPS) is 20.4. The standard InChI is InChI=1S/C22H30FN5O/c1-3-27-10-12-28(13-11-27)18-8-9-20-19(14-18)21(25-26(20)2)22(29)24-15-16-4-6-17(23)7-5-16/h4-7,18H,3,8-15H2,1-2H3,(H,24,29). The van der Waals surface area contributed by atoms with Gasteiger partial charge in [-0.05, 0) is 43.5 Å². The second kappa shape index (κ2) is 8.63. The highest BCUT2D eigenvalue weighted by Crippen LogP contribution is 2.27. The number of carbonyl (C=O) groups excluding carboxylic acids is 1. The molecule has 1 aromatic heterocycles. The molecule has 0 bridgehead atoms. The third-order valence-corrected chi connectivity index (χ3v) is 6.38. The molecule has 156 valence electrons. The van der Waals surface area contributed by atoms with E-state index >= 15 is 0 Å². The van der Waals surface area contributed by atoms with Gasteiger partial charge >= 0.3 is 0 Å². The number of nitrogens with zero attached hydrogens (tertiary/aromatic N) is 4. The van der Waals surface area contributed by atoms with E-state index in [-0.39, 0.29) is 11.7 Å². The molecule has 2 aliphatic rings. The van der Waals surface area contributed by atoms with E-state index in [0.29, 0.717) is 18.3 Å². The van der Waals surface area contributed by atoms with Crippen LogP contribution < -0.4 is 5.32 Å². The molecule has 6 nitrogen and oxygen atoms in total. The molecule has 2 aromatic rings. The highest BCUT2D eigenvalue weighted by molar-refractivity contribution is 5.94. The van der Waals surface area contributed by atoms with E-state index < -0.39 is 0 Å². The fourth-order valence-corrected chi connectivity index (χ4v) is 4.58. The molecular formula is C22H30FN5O. The van der Waals surface area contributed by atoms with Crippen LogP contribution in [-0.2, 0) is 26.4 Å². The largest absolute Gasteiger partial charge is 0.347 e. The van der Waals surface area contributed by atoms with Gasteiger partial charge in [0.1, 0.15) is 5.82 Å². The van der Waals surface area contributed by atoms with Crippen LogP contribution in [0.3, 0.4) is 0 Å². The minimum atomic E-state index is -0.273. The molecule has 1 atom stereocenters. The number of hydrogen-bond acceptors (Lipinski definition) is 4. The smallest absolute Gasteiger partial charge is 0.272 e. The topological polar surface area (TPSA) is 53.4 Å². The number of carbonyl (C=O) groups is 1. The average Bonchev–Trinajstić information content (AvgIpc) is 3.09. The number of aromatic nitrogens is 2. The summed E-state index contributed by atoms with van der Waals surface area (Å²) in [5.41, 5.74) is 3.69. The number of halogens is 1. The maximum atomic E-state index is 13.1. The Balaban J connectivity index is 1.43. The van der Waals surface area contributed by atoms with Crippen molar-refractivity contribution in [2.75, 3.05) is 32.7 Å². The maximum Gasteiger partial charge on any atom is 0.272 e. The second-order valence-corrected chi connectivity index (χ2v) is 8.07. The van der Waals surface area contributed by atoms with Crippen molar-refractivity contribution < 1.29 is 9.18 Å². The van der Waals surface area contributed by atoms with Gasteiger partial charge < -0.3 is 10.2 Å². The van der Waals surface area contributed by atoms with Crippen molar-refractivity contribution in [3.05, 3.63) is 52.6 Å². The molecule has 29 heavy (non-hydrogen) atoms. The number of benzene rings is 1. The highest BCUT2D eigenvalue weighted by Gasteiger charge is 2.32. The summed E-state index contributed by atoms with van der Waals surface area (Å²) < 4.78 is 14.9. The molecule has 2 heterocycles. The van der Waals surface area contributed by atoms with E-state index in [1.807, 2.05) is 11.7 Å². The fraction of sp³-hybridized carbons (Fsp3) is 0.545. The van der Waals surface area contributed by atoms with Gasteiger partial charge in [-0.15, -0.1) is 0 Å². The van der Waals surface area contributed by atoms with Gasteiger partial charge in [0.15, 0.2) is 5.69 Å². The quantitative estimate of drug-likeness (QED) is 0.836. The highest BCUT2D eigenvalue weighted by atomic mass is 19.1. The van der Waals surface area contributed by atoms with E-state index in [2.05, 4.69) is 27.1 Å². The Kier molecular flexibility index (Phi) is 5.96. The third-order valence-electron chi connectivity index (χ3n) is 6.38. The van der Waals surface area contributed by atoms with E-state index in [0.717, 1.165) is 63.1 Å². The van der Waals surface area contributed by atoms with Gasteiger partial charge in [0.25, 0.3) is 5.91 Å². The number of likely N-dealkylation sites (N-methyl/N-ethyl adjacent to an activating group) is 1. The van der Waals surface area contributed by atoms with Crippen LogP contribution >= 0.6 is 0 Å². The van der Waals surface area contributed by atoms with Gasteiger partial charge in [0.2, 0.25) is 0 Å². The summed E-state index contributed by atoms with van der Waals surface area (Å²) in [6.07, 6.45) is 2.96. The van der Waals surface area contributed by atoms with Crippen LogP contribution in [0.25, 0.3) is 0 Å². The molecule has 4 rings (SSSR count). The monoisotopic (exact) mass is 399 g/mol. The lowest BCUT2D eigenvalue weighted by Crippen LogP contribution is -2.51. The Morgan fingerprint density at radius 1 is 1.21 bits per heavy atom. The van der Waals surface area contributed by atoms with Gasteiger partial charge in [-0.25, -0.2) is 4.39 Å². The Morgan fingerprint density at radius 2 is 1.93 bits per heavy atom. The van der Waals surface area contributed by atoms with Crippen molar-refractivity contribution in [1.29, 1.82) is 0 Å². The van der Waals surface area contributed by atoms with Crippen LogP contribution in [-0.4, -0.2) is 64.3 Å². The summed E-state index contributed by atoms with van der Waals surface area (Å²) in [6, 6.07) is 6.68. The van der Waals surface area contributed by atoms with Crippen LogP contribution in [0.15, 0.2) is 24.3 Å². The first-order valence-electron chi connectivity index (χ1n) is 10.6. The molecular weight excluding hydrogens is 369 g/mol. The first-order valence-corrected chi connectivity index (χ1v) is 10.6. The number of rotatable bonds is 5. The molecule has 1 aromatic carbocycles. The molecule has 1 unspecified atom stereocenters. The summed E-state index contributed by atoms with van der Waals surface area (Å²) in [5, 5.41) is 7.49. The zero-order chi connectivity index (χ0) is 20.4. The Morgan fingerprint density at radius 3 is 2.62 bits per heavy atom. The van der Waals surface area contributed by atoms with E-state index in [1.54, 1.807) is 12.1 Å². The lowest BCUT2D eigenvalue weighted by molar-refractivity contribution is 0.0908. The minimum absolute atomic E-state index is 0.150. The number of fused-ring (bicyclic) bond motifs is 1. The van der Waals surface area contributed by atoms with Crippen molar-refractivity contribution in [1.82, 2.24) is 24.9 Å². The summed E-state index contributed by atoms with van der Waals surface area (Å²) in [6.45, 7) is 8.14. The number of hydrogen-bond donors (Lipinski definition) is 1. The average molecular weight is 400 g/mol. The summed E-state index contributed by atoms with van der Waals surface area (Å²) >= 11 is 0. The minimum Gasteiger partial charge on any atom is -0.347 e. The Hall–Kier alpha value is -2.25. The van der Waals surface area contributed by atoms with Crippen LogP contribution in [0.5, 0.6) is 0 Å². The molecule has 1 amide bonds. The zero-order valence-electron chi connectivity index (χ0n) is 17.3. The maximum absolute atomic E-state index is 13.1. The first-order chi connectivity index (χ1) is 14.0. The second-order valence-electron chi connectivity index (χ2n) is 8.07. The van der Waals surface area contributed by atoms with Crippen LogP contribution in [0, 0.1) is 5.82 Å². The van der Waals surface area contributed by atoms with Crippen molar-refractivity contribution in [3.63, 3.8) is 0 Å². The van der Waals surface area contributed by atoms with Gasteiger partial charge in [0.05, 0.1) is 0 Å². The molecule has 1 N–H and O–H groups in total. The van der Waals surface area contributed by atoms with Gasteiger partial charge in [-0.1, -0.05) is 19.1 Å². The predicted molar refractivity (Wildman–Crippen MR) is 110 cm³/mol. The van der Waals surface area contributed by atoms with E-state index in [4.69, 9.17) is 0 Å². The lowest BCUT2D eigenvalue weighted by atomic mass is 9.89. The van der Waals surface area contributed by atoms with E-state index in [9.17, 15) is 9.18 Å². The summed E-state index contributed by atoms with van der Waals surface area (Å²) in [5.74, 6) is -0.424. The molecule has 7 heteroatoms. The van der Waals surface area contributed by atoms with Crippen molar-refractivity contribution >= 4 is 5.91 Å². The predicted octanol–water partition coefficient (Wildman–Crippen LogP) is 1.98. The van der Waals surface area contributed by atoms with Gasteiger partial charge in [-0.3, -0.25) is 14.4 Å². The van der Waals surface area contributed by atoms with Crippen LogP contribution in [0.2, 0.25) is 0 Å². The first kappa shape index (κ1) is 20.0. The fourth-order valence-electron chi connectivity index (χ4n) is 4.58. The zero-order valence-corrected chi connectivity index (χ0v) is 17.3. The Bertz CT molecular complexity index is 855. The SMILES string of the molecule is CCN1CCN(C2CCc3c(c(C(=O)NCc4ccc(F)cc4)nn3C)C2)CC1. The lowest BCUT2D eigenvalue weighted by Gasteiger charge is -2.40. The number of amides is 1. The van der Waals surface area contributed by atoms with Crippen LogP contribution in [0.1, 0.15) is 40.7 Å². The molecule has 0 spiro atoms. The Labute approximate surface area is 171 Å². The molecule has 1 aliphatic heterocycles. The van der Waals surface area contributed by atoms with Crippen molar-refractivity contribution in [3.8, 4) is 0 Å². The molecule has 1 fully saturated rings.